The molecule has 19 heavy (non-hydrogen) atoms. The summed E-state index contributed by atoms with van der Waals surface area (Å²) in [6.45, 7) is 0. The molecule has 1 unspecified atom stereocenters. The molecule has 2 aromatic rings. The molecular weight excluding hydrogens is 438 g/mol. The Kier molecular flexibility index (Phi) is 5.65. The topological polar surface area (TPSA) is 38.0 Å². The van der Waals surface area contributed by atoms with Crippen molar-refractivity contribution in [3.8, 4) is 0 Å². The normalized spacial score (nSPS) is 12.4. The monoisotopic (exact) mass is 450 g/mol. The van der Waals surface area contributed by atoms with Crippen LogP contribution < -0.4 is 11.3 Å². The van der Waals surface area contributed by atoms with Crippen molar-refractivity contribution < 1.29 is 0 Å². The van der Waals surface area contributed by atoms with Crippen LogP contribution in [0.1, 0.15) is 17.2 Å². The number of nitrogens with two attached hydrogens (primary N) is 1. The van der Waals surface area contributed by atoms with Gasteiger partial charge in [-0.1, -0.05) is 39.7 Å². The highest BCUT2D eigenvalue weighted by atomic mass is 127. The minimum absolute atomic E-state index is 0.0582. The Labute approximate surface area is 140 Å². The molecule has 0 amide bonds. The summed E-state index contributed by atoms with van der Waals surface area (Å²) < 4.78 is 2.24. The Hall–Kier alpha value is -0.140. The molecule has 100 valence electrons. The fraction of sp³-hybridized carbons (Fsp3) is 0.143. The summed E-state index contributed by atoms with van der Waals surface area (Å²) >= 11 is 11.8. The van der Waals surface area contributed by atoms with E-state index in [0.717, 1.165) is 21.5 Å². The first-order valence-electron chi connectivity index (χ1n) is 5.75. The predicted molar refractivity (Wildman–Crippen MR) is 92.1 cm³/mol. The first-order valence-corrected chi connectivity index (χ1v) is 8.00. The van der Waals surface area contributed by atoms with Crippen LogP contribution in [0.4, 0.5) is 0 Å². The van der Waals surface area contributed by atoms with Gasteiger partial charge in [0.1, 0.15) is 0 Å². The largest absolute Gasteiger partial charge is 0.271 e. The number of rotatable bonds is 4. The van der Waals surface area contributed by atoms with Gasteiger partial charge >= 0.3 is 0 Å². The Bertz CT molecular complexity index is 577. The van der Waals surface area contributed by atoms with E-state index in [1.165, 1.54) is 9.13 Å². The van der Waals surface area contributed by atoms with Crippen LogP contribution in [0.5, 0.6) is 0 Å². The minimum atomic E-state index is 0.0582. The molecule has 0 aliphatic heterocycles. The molecule has 3 N–H and O–H groups in total. The van der Waals surface area contributed by atoms with E-state index in [9.17, 15) is 0 Å². The van der Waals surface area contributed by atoms with Gasteiger partial charge in [-0.2, -0.15) is 0 Å². The van der Waals surface area contributed by atoms with Crippen LogP contribution >= 0.6 is 50.1 Å². The van der Waals surface area contributed by atoms with E-state index in [1.807, 2.05) is 24.3 Å². The lowest BCUT2D eigenvalue weighted by molar-refractivity contribution is 0.549. The molecule has 2 aromatic carbocycles. The molecule has 0 aromatic heterocycles. The van der Waals surface area contributed by atoms with Gasteiger partial charge in [-0.05, 0) is 70.5 Å². The third kappa shape index (κ3) is 4.16. The molecule has 2 nitrogen and oxygen atoms in total. The highest BCUT2D eigenvalue weighted by Gasteiger charge is 2.14. The lowest BCUT2D eigenvalue weighted by Crippen LogP contribution is -2.30. The van der Waals surface area contributed by atoms with E-state index in [0.29, 0.717) is 0 Å². The Morgan fingerprint density at radius 1 is 1.26 bits per heavy atom. The maximum absolute atomic E-state index is 6.01. The molecular formula is C14H13BrClIN2. The Morgan fingerprint density at radius 3 is 2.74 bits per heavy atom. The second-order valence-electron chi connectivity index (χ2n) is 4.22. The van der Waals surface area contributed by atoms with Gasteiger partial charge in [0.05, 0.1) is 6.04 Å². The SMILES string of the molecule is NNC(Cc1cccc(Cl)c1)c1cc(Br)ccc1I. The van der Waals surface area contributed by atoms with Gasteiger partial charge in [-0.15, -0.1) is 0 Å². The summed E-state index contributed by atoms with van der Waals surface area (Å²) in [6, 6.07) is 14.1. The highest BCUT2D eigenvalue weighted by molar-refractivity contribution is 14.1. The van der Waals surface area contributed by atoms with Gasteiger partial charge in [0.15, 0.2) is 0 Å². The van der Waals surface area contributed by atoms with Gasteiger partial charge in [0.25, 0.3) is 0 Å². The Balaban J connectivity index is 2.27. The van der Waals surface area contributed by atoms with Crippen LogP contribution in [0, 0.1) is 3.57 Å². The van der Waals surface area contributed by atoms with E-state index >= 15 is 0 Å². The molecule has 0 radical (unpaired) electrons. The summed E-state index contributed by atoms with van der Waals surface area (Å²) in [4.78, 5) is 0. The standard InChI is InChI=1S/C14H13BrClIN2/c15-10-4-5-13(17)12(8-10)14(19-18)7-9-2-1-3-11(16)6-9/h1-6,8,14,19H,7,18H2. The van der Waals surface area contributed by atoms with Crippen LogP contribution in [0.2, 0.25) is 5.02 Å². The van der Waals surface area contributed by atoms with E-state index in [1.54, 1.807) is 0 Å². The summed E-state index contributed by atoms with van der Waals surface area (Å²) in [5.74, 6) is 5.71. The molecule has 0 aliphatic carbocycles. The van der Waals surface area contributed by atoms with Gasteiger partial charge in [-0.25, -0.2) is 0 Å². The lowest BCUT2D eigenvalue weighted by atomic mass is 9.99. The molecule has 5 heteroatoms. The van der Waals surface area contributed by atoms with Crippen molar-refractivity contribution >= 4 is 50.1 Å². The van der Waals surface area contributed by atoms with Crippen molar-refractivity contribution in [3.63, 3.8) is 0 Å². The zero-order valence-corrected chi connectivity index (χ0v) is 14.5. The van der Waals surface area contributed by atoms with Crippen molar-refractivity contribution in [2.75, 3.05) is 0 Å². The van der Waals surface area contributed by atoms with Gasteiger partial charge in [-0.3, -0.25) is 11.3 Å². The lowest BCUT2D eigenvalue weighted by Gasteiger charge is -2.18. The number of hydrogen-bond acceptors (Lipinski definition) is 2. The average Bonchev–Trinajstić information content (AvgIpc) is 2.39. The summed E-state index contributed by atoms with van der Waals surface area (Å²) in [5.41, 5.74) is 5.22. The summed E-state index contributed by atoms with van der Waals surface area (Å²) in [6.07, 6.45) is 0.795. The van der Waals surface area contributed by atoms with Crippen LogP contribution in [-0.4, -0.2) is 0 Å². The third-order valence-corrected chi connectivity index (χ3v) is 4.57. The quantitative estimate of drug-likeness (QED) is 0.409. The molecule has 0 fully saturated rings. The predicted octanol–water partition coefficient (Wildman–Crippen LogP) is 4.45. The van der Waals surface area contributed by atoms with Crippen molar-refractivity contribution in [1.29, 1.82) is 0 Å². The van der Waals surface area contributed by atoms with Crippen molar-refractivity contribution in [3.05, 3.63) is 66.7 Å². The molecule has 0 spiro atoms. The fourth-order valence-corrected chi connectivity index (χ4v) is 3.24. The molecule has 0 saturated carbocycles. The van der Waals surface area contributed by atoms with Crippen LogP contribution in [0.15, 0.2) is 46.9 Å². The van der Waals surface area contributed by atoms with Crippen LogP contribution in [-0.2, 0) is 6.42 Å². The second-order valence-corrected chi connectivity index (χ2v) is 6.73. The van der Waals surface area contributed by atoms with E-state index in [-0.39, 0.29) is 6.04 Å². The fourth-order valence-electron chi connectivity index (χ4n) is 1.94. The zero-order valence-electron chi connectivity index (χ0n) is 10.0. The van der Waals surface area contributed by atoms with E-state index < -0.39 is 0 Å². The van der Waals surface area contributed by atoms with E-state index in [4.69, 9.17) is 17.4 Å². The summed E-state index contributed by atoms with van der Waals surface area (Å²) in [7, 11) is 0. The highest BCUT2D eigenvalue weighted by Crippen LogP contribution is 2.26. The third-order valence-electron chi connectivity index (χ3n) is 2.86. The van der Waals surface area contributed by atoms with E-state index in [2.05, 4.69) is 62.1 Å². The molecule has 0 aliphatic rings. The second kappa shape index (κ2) is 7.04. The van der Waals surface area contributed by atoms with Crippen LogP contribution in [0.25, 0.3) is 0 Å². The molecule has 2 rings (SSSR count). The number of hydrogen-bond donors (Lipinski definition) is 2. The Morgan fingerprint density at radius 2 is 2.05 bits per heavy atom. The van der Waals surface area contributed by atoms with Crippen molar-refractivity contribution in [1.82, 2.24) is 5.43 Å². The smallest absolute Gasteiger partial charge is 0.0511 e. The van der Waals surface area contributed by atoms with Gasteiger partial charge in [0, 0.05) is 13.1 Å². The molecule has 0 saturated heterocycles. The molecule has 1 atom stereocenters. The molecule has 0 heterocycles. The molecule has 0 bridgehead atoms. The maximum Gasteiger partial charge on any atom is 0.0511 e. The first-order chi connectivity index (χ1) is 9.10. The zero-order chi connectivity index (χ0) is 13.8. The maximum atomic E-state index is 6.01. The minimum Gasteiger partial charge on any atom is -0.271 e. The van der Waals surface area contributed by atoms with Gasteiger partial charge < -0.3 is 0 Å². The van der Waals surface area contributed by atoms with Gasteiger partial charge in [0.2, 0.25) is 0 Å². The van der Waals surface area contributed by atoms with Crippen LogP contribution in [0.3, 0.4) is 0 Å². The van der Waals surface area contributed by atoms with Crippen molar-refractivity contribution in [2.24, 2.45) is 5.84 Å². The number of benzene rings is 2. The van der Waals surface area contributed by atoms with Crippen molar-refractivity contribution in [2.45, 2.75) is 12.5 Å². The average molecular weight is 452 g/mol. The number of hydrazine groups is 1. The number of halogens is 3. The first kappa shape index (κ1) is 15.3. The summed E-state index contributed by atoms with van der Waals surface area (Å²) in [5, 5.41) is 0.747. The number of nitrogens with one attached hydrogen (secondary N) is 1.